The molecular formula is C59H53F3N12O3. The summed E-state index contributed by atoms with van der Waals surface area (Å²) in [5.74, 6) is -2.85. The van der Waals surface area contributed by atoms with Gasteiger partial charge in [-0.05, 0) is 127 Å². The monoisotopic (exact) mass is 1030 g/mol. The molecule has 4 aliphatic rings. The number of halogens is 3. The van der Waals surface area contributed by atoms with E-state index in [0.29, 0.717) is 57.0 Å². The molecule has 1 aliphatic carbocycles. The van der Waals surface area contributed by atoms with E-state index in [1.54, 1.807) is 60.0 Å². The first-order valence-electron chi connectivity index (χ1n) is 25.1. The zero-order valence-corrected chi connectivity index (χ0v) is 42.8. The van der Waals surface area contributed by atoms with Crippen molar-refractivity contribution in [1.82, 2.24) is 9.78 Å². The molecule has 15 nitrogen and oxygen atoms in total. The largest absolute Gasteiger partial charge is 0.416 e. The molecule has 1 saturated carbocycles. The average molecular weight is 1040 g/mol. The van der Waals surface area contributed by atoms with Gasteiger partial charge in [-0.25, -0.2) is 0 Å². The number of aryl methyl sites for hydroxylation is 2. The number of hydrogen-bond acceptors (Lipinski definition) is 9. The summed E-state index contributed by atoms with van der Waals surface area (Å²) in [5.41, 5.74) is 7.15. The molecule has 1 aromatic heterocycles. The fourth-order valence-electron chi connectivity index (χ4n) is 10.6. The third-order valence-corrected chi connectivity index (χ3v) is 14.5. The summed E-state index contributed by atoms with van der Waals surface area (Å²) >= 11 is 0. The van der Waals surface area contributed by atoms with Gasteiger partial charge in [0, 0.05) is 77.0 Å². The van der Waals surface area contributed by atoms with Crippen LogP contribution in [-0.2, 0) is 35.9 Å². The zero-order valence-electron chi connectivity index (χ0n) is 42.8. The van der Waals surface area contributed by atoms with Gasteiger partial charge in [0.05, 0.1) is 39.7 Å². The van der Waals surface area contributed by atoms with Crippen LogP contribution in [0.15, 0.2) is 150 Å². The lowest BCUT2D eigenvalue weighted by molar-refractivity contribution is -0.137. The van der Waals surface area contributed by atoms with E-state index in [-0.39, 0.29) is 53.6 Å². The highest BCUT2D eigenvalue weighted by Crippen LogP contribution is 2.50. The van der Waals surface area contributed by atoms with Gasteiger partial charge in [0.25, 0.3) is 5.91 Å². The van der Waals surface area contributed by atoms with Crippen LogP contribution < -0.4 is 29.4 Å². The standard InChI is InChI=1S/C59H53F3N12O3/c1-35-14-23-48-50(26-35)72(41-11-7-6-8-12-41)57(76)45(31-66-3)54(64)70(48)32-36-15-21-42(22-16-36)73-51-28-39(38-17-18-38)19-24-49(51)71(55-46(58(73)77)34-68(4)67-55)33-37-10-9-13-43(27-37)74-52-29-40(59(60,61)62)20-25-47(52)69(5)53(63)44(30-65-2)56(74)75/h6-16,19-31,34,38,44-45,63-64H,17-18,32-33H2,1-5H3. The van der Waals surface area contributed by atoms with Crippen molar-refractivity contribution in [2.75, 3.05) is 50.5 Å². The third-order valence-electron chi connectivity index (χ3n) is 14.5. The number of fused-ring (bicyclic) bond motifs is 4. The molecule has 0 radical (unpaired) electrons. The van der Waals surface area contributed by atoms with E-state index in [9.17, 15) is 28.2 Å². The van der Waals surface area contributed by atoms with Gasteiger partial charge in [-0.3, -0.25) is 54.6 Å². The molecule has 11 rings (SSSR count). The second-order valence-corrected chi connectivity index (χ2v) is 19.7. The first kappa shape index (κ1) is 50.0. The molecule has 18 heteroatoms. The third kappa shape index (κ3) is 8.98. The van der Waals surface area contributed by atoms with Crippen molar-refractivity contribution in [3.63, 3.8) is 0 Å². The molecule has 0 saturated heterocycles. The van der Waals surface area contributed by atoms with E-state index < -0.39 is 29.5 Å². The Labute approximate surface area is 442 Å². The van der Waals surface area contributed by atoms with Gasteiger partial charge in [0.15, 0.2) is 5.82 Å². The van der Waals surface area contributed by atoms with Crippen LogP contribution in [0.3, 0.4) is 0 Å². The minimum Gasteiger partial charge on any atom is -0.331 e. The number of anilines is 10. The molecule has 2 N–H and O–H groups in total. The number of para-hydroxylation sites is 1. The molecule has 77 heavy (non-hydrogen) atoms. The Balaban J connectivity index is 0.977. The number of nitrogens with one attached hydrogen (secondary N) is 2. The number of benzene rings is 6. The number of carbonyl (C=O) groups excluding carboxylic acids is 3. The summed E-state index contributed by atoms with van der Waals surface area (Å²) in [6.45, 7) is 2.31. The normalized spacial score (nSPS) is 17.9. The number of amidine groups is 2. The van der Waals surface area contributed by atoms with Crippen molar-refractivity contribution in [2.45, 2.75) is 44.9 Å². The molecule has 2 atom stereocenters. The van der Waals surface area contributed by atoms with Crippen molar-refractivity contribution < 1.29 is 27.6 Å². The van der Waals surface area contributed by atoms with Crippen molar-refractivity contribution in [1.29, 1.82) is 10.8 Å². The quantitative estimate of drug-likeness (QED) is 0.129. The molecule has 3 aliphatic heterocycles. The number of amides is 3. The van der Waals surface area contributed by atoms with E-state index in [1.165, 1.54) is 35.3 Å². The van der Waals surface area contributed by atoms with Crippen molar-refractivity contribution in [3.05, 3.63) is 173 Å². The maximum atomic E-state index is 15.3. The predicted octanol–water partition coefficient (Wildman–Crippen LogP) is 11.6. The van der Waals surface area contributed by atoms with Gasteiger partial charge in [-0.15, -0.1) is 0 Å². The van der Waals surface area contributed by atoms with Crippen LogP contribution in [0.1, 0.15) is 56.9 Å². The van der Waals surface area contributed by atoms with Gasteiger partial charge in [0.2, 0.25) is 11.8 Å². The molecule has 0 bridgehead atoms. The van der Waals surface area contributed by atoms with Gasteiger partial charge < -0.3 is 14.7 Å². The van der Waals surface area contributed by atoms with Crippen LogP contribution in [0.2, 0.25) is 0 Å². The van der Waals surface area contributed by atoms with E-state index in [0.717, 1.165) is 41.7 Å². The van der Waals surface area contributed by atoms with Crippen LogP contribution in [0.25, 0.3) is 0 Å². The molecular weight excluding hydrogens is 982 g/mol. The fourth-order valence-corrected chi connectivity index (χ4v) is 10.6. The Morgan fingerprint density at radius 1 is 0.610 bits per heavy atom. The highest BCUT2D eigenvalue weighted by molar-refractivity contribution is 6.29. The van der Waals surface area contributed by atoms with Crippen molar-refractivity contribution >= 4 is 98.8 Å². The highest BCUT2D eigenvalue weighted by atomic mass is 19.4. The summed E-state index contributed by atoms with van der Waals surface area (Å²) in [7, 11) is 6.34. The number of aromatic nitrogens is 2. The molecule has 6 aromatic carbocycles. The maximum absolute atomic E-state index is 15.3. The Morgan fingerprint density at radius 2 is 1.21 bits per heavy atom. The minimum atomic E-state index is -4.71. The number of aliphatic imine (C=N–C) groups is 2. The van der Waals surface area contributed by atoms with Gasteiger partial charge in [0.1, 0.15) is 29.1 Å². The maximum Gasteiger partial charge on any atom is 0.416 e. The number of carbonyl (C=O) groups is 3. The molecule has 7 aromatic rings. The Kier molecular flexibility index (Phi) is 12.7. The molecule has 388 valence electrons. The summed E-state index contributed by atoms with van der Waals surface area (Å²) in [5, 5.41) is 23.4. The van der Waals surface area contributed by atoms with Crippen LogP contribution >= 0.6 is 0 Å². The summed E-state index contributed by atoms with van der Waals surface area (Å²) in [4.78, 5) is 62.5. The second kappa shape index (κ2) is 19.5. The zero-order chi connectivity index (χ0) is 54.0. The van der Waals surface area contributed by atoms with Gasteiger partial charge in [-0.1, -0.05) is 54.6 Å². The highest BCUT2D eigenvalue weighted by Gasteiger charge is 2.42. The lowest BCUT2D eigenvalue weighted by atomic mass is 10.0. The van der Waals surface area contributed by atoms with Crippen LogP contribution in [-0.4, -0.2) is 72.7 Å². The molecule has 1 fully saturated rings. The number of nitrogens with zero attached hydrogens (tertiary/aromatic N) is 10. The summed E-state index contributed by atoms with van der Waals surface area (Å²) < 4.78 is 44.6. The SMILES string of the molecule is CN=CC1C(=N)N(C)c2ccc(C(F)(F)F)cc2N(c2cccc(CN3c4ccc(C5CC5)cc4N(c4ccc(CN5C(=N)C(C=NC)C(=O)N(c6ccccc6)c6cc(C)ccc65)cc4)C(=O)c4cn(C)nc43)c2)C1=O. The summed E-state index contributed by atoms with van der Waals surface area (Å²) in [6, 6.07) is 39.1. The van der Waals surface area contributed by atoms with E-state index >= 15 is 4.79 Å². The second-order valence-electron chi connectivity index (χ2n) is 19.7. The van der Waals surface area contributed by atoms with Gasteiger partial charge >= 0.3 is 6.18 Å². The molecule has 2 unspecified atom stereocenters. The van der Waals surface area contributed by atoms with Gasteiger partial charge in [-0.2, -0.15) is 18.3 Å². The molecule has 0 spiro atoms. The predicted molar refractivity (Wildman–Crippen MR) is 296 cm³/mol. The Hall–Kier alpha value is -9.19. The smallest absolute Gasteiger partial charge is 0.331 e. The van der Waals surface area contributed by atoms with Crippen LogP contribution in [0.5, 0.6) is 0 Å². The van der Waals surface area contributed by atoms with Crippen LogP contribution in [0, 0.1) is 29.6 Å². The topological polar surface area (TPSA) is 161 Å². The van der Waals surface area contributed by atoms with Crippen molar-refractivity contribution in [2.24, 2.45) is 28.9 Å². The average Bonchev–Trinajstić information content (AvgIpc) is 4.36. The van der Waals surface area contributed by atoms with E-state index in [1.807, 2.05) is 102 Å². The molecule has 4 heterocycles. The Morgan fingerprint density at radius 3 is 1.90 bits per heavy atom. The lowest BCUT2D eigenvalue weighted by Gasteiger charge is -2.29. The van der Waals surface area contributed by atoms with Crippen LogP contribution in [0.4, 0.5) is 70.2 Å². The summed E-state index contributed by atoms with van der Waals surface area (Å²) in [6.07, 6.45) is 1.82. The Bertz CT molecular complexity index is 3610. The molecule has 3 amide bonds. The first-order chi connectivity index (χ1) is 37.0. The first-order valence-corrected chi connectivity index (χ1v) is 25.1. The number of rotatable bonds is 10. The number of hydrogen-bond donors (Lipinski definition) is 2. The fraction of sp³-hybridized carbons (Fsp3) is 0.220. The minimum absolute atomic E-state index is 0.0437. The van der Waals surface area contributed by atoms with E-state index in [4.69, 9.17) is 10.5 Å². The lowest BCUT2D eigenvalue weighted by Crippen LogP contribution is -2.41. The number of alkyl halides is 3. The van der Waals surface area contributed by atoms with E-state index in [2.05, 4.69) is 22.1 Å². The van der Waals surface area contributed by atoms with Crippen molar-refractivity contribution in [3.8, 4) is 0 Å².